The number of amides is 1. The van der Waals surface area contributed by atoms with Gasteiger partial charge in [-0.2, -0.15) is 5.10 Å². The molecule has 0 fully saturated rings. The predicted octanol–water partition coefficient (Wildman–Crippen LogP) is 2.62. The molecule has 0 radical (unpaired) electrons. The molecule has 0 aromatic heterocycles. The molecular weight excluding hydrogens is 288 g/mol. The van der Waals surface area contributed by atoms with E-state index in [2.05, 4.69) is 15.8 Å². The second kappa shape index (κ2) is 7.98. The van der Waals surface area contributed by atoms with Crippen LogP contribution >= 0.6 is 0 Å². The van der Waals surface area contributed by atoms with Crippen molar-refractivity contribution in [2.45, 2.75) is 6.92 Å². The average Bonchev–Trinajstić information content (AvgIpc) is 2.55. The molecule has 2 rings (SSSR count). The number of carbonyl (C=O) groups is 1. The maximum atomic E-state index is 11.7. The Morgan fingerprint density at radius 1 is 1.09 bits per heavy atom. The van der Waals surface area contributed by atoms with Gasteiger partial charge >= 0.3 is 0 Å². The molecule has 120 valence electrons. The topological polar surface area (TPSA) is 56.7 Å². The Kier molecular flexibility index (Phi) is 5.74. The van der Waals surface area contributed by atoms with E-state index in [4.69, 9.17) is 0 Å². The molecule has 2 aromatic rings. The van der Waals surface area contributed by atoms with E-state index in [1.54, 1.807) is 6.21 Å². The molecule has 0 bridgehead atoms. The molecule has 0 saturated carbocycles. The summed E-state index contributed by atoms with van der Waals surface area (Å²) < 4.78 is 0. The van der Waals surface area contributed by atoms with Crippen LogP contribution in [0.2, 0.25) is 0 Å². The van der Waals surface area contributed by atoms with Crippen molar-refractivity contribution in [3.8, 4) is 0 Å². The predicted molar refractivity (Wildman–Crippen MR) is 96.2 cm³/mol. The number of nitrogens with one attached hydrogen (secondary N) is 2. The van der Waals surface area contributed by atoms with Crippen LogP contribution in [0.3, 0.4) is 0 Å². The first-order valence-corrected chi connectivity index (χ1v) is 7.44. The van der Waals surface area contributed by atoms with Gasteiger partial charge in [-0.3, -0.25) is 4.79 Å². The number of hydrogen-bond acceptors (Lipinski definition) is 4. The zero-order valence-corrected chi connectivity index (χ0v) is 13.7. The standard InChI is InChI=1S/C18H22N4O/c1-14-4-8-16(9-5-14)19-13-18(23)21-20-12-15-6-10-17(11-7-15)22(2)3/h4-12,19H,13H2,1-3H3,(H,21,23)/b20-12-. The summed E-state index contributed by atoms with van der Waals surface area (Å²) >= 11 is 0. The Morgan fingerprint density at radius 3 is 2.35 bits per heavy atom. The quantitative estimate of drug-likeness (QED) is 0.637. The van der Waals surface area contributed by atoms with Crippen LogP contribution in [-0.4, -0.2) is 32.8 Å². The number of carbonyl (C=O) groups excluding carboxylic acids is 1. The van der Waals surface area contributed by atoms with Gasteiger partial charge in [0.05, 0.1) is 12.8 Å². The van der Waals surface area contributed by atoms with Crippen LogP contribution in [0.5, 0.6) is 0 Å². The number of nitrogens with zero attached hydrogens (tertiary/aromatic N) is 2. The Labute approximate surface area is 137 Å². The van der Waals surface area contributed by atoms with Gasteiger partial charge in [0.1, 0.15) is 0 Å². The summed E-state index contributed by atoms with van der Waals surface area (Å²) in [5, 5.41) is 7.01. The van der Waals surface area contributed by atoms with Crippen molar-refractivity contribution in [2.75, 3.05) is 30.9 Å². The lowest BCUT2D eigenvalue weighted by molar-refractivity contribution is -0.119. The minimum absolute atomic E-state index is 0.181. The van der Waals surface area contributed by atoms with Crippen molar-refractivity contribution in [2.24, 2.45) is 5.10 Å². The van der Waals surface area contributed by atoms with Crippen LogP contribution in [-0.2, 0) is 4.79 Å². The highest BCUT2D eigenvalue weighted by atomic mass is 16.2. The molecule has 0 saturated heterocycles. The van der Waals surface area contributed by atoms with E-state index in [1.807, 2.05) is 74.4 Å². The molecular formula is C18H22N4O. The summed E-state index contributed by atoms with van der Waals surface area (Å²) in [5.41, 5.74) is 6.66. The summed E-state index contributed by atoms with van der Waals surface area (Å²) in [5.74, 6) is -0.188. The van der Waals surface area contributed by atoms with Crippen LogP contribution in [0.4, 0.5) is 11.4 Å². The summed E-state index contributed by atoms with van der Waals surface area (Å²) in [6.45, 7) is 2.20. The van der Waals surface area contributed by atoms with Crippen molar-refractivity contribution >= 4 is 23.5 Å². The smallest absolute Gasteiger partial charge is 0.259 e. The number of hydrogen-bond donors (Lipinski definition) is 2. The van der Waals surface area contributed by atoms with E-state index in [9.17, 15) is 4.79 Å². The van der Waals surface area contributed by atoms with Crippen LogP contribution < -0.4 is 15.6 Å². The number of anilines is 2. The third-order valence-electron chi connectivity index (χ3n) is 3.32. The summed E-state index contributed by atoms with van der Waals surface area (Å²) in [6, 6.07) is 15.8. The molecule has 0 atom stereocenters. The summed E-state index contributed by atoms with van der Waals surface area (Å²) in [4.78, 5) is 13.8. The largest absolute Gasteiger partial charge is 0.378 e. The highest BCUT2D eigenvalue weighted by molar-refractivity contribution is 5.84. The van der Waals surface area contributed by atoms with Crippen molar-refractivity contribution in [1.82, 2.24) is 5.43 Å². The third-order valence-corrected chi connectivity index (χ3v) is 3.32. The molecule has 23 heavy (non-hydrogen) atoms. The van der Waals surface area contributed by atoms with Crippen molar-refractivity contribution in [1.29, 1.82) is 0 Å². The van der Waals surface area contributed by atoms with Gasteiger partial charge in [-0.15, -0.1) is 0 Å². The van der Waals surface area contributed by atoms with Gasteiger partial charge in [0.15, 0.2) is 0 Å². The second-order valence-electron chi connectivity index (χ2n) is 5.50. The van der Waals surface area contributed by atoms with Gasteiger partial charge < -0.3 is 10.2 Å². The lowest BCUT2D eigenvalue weighted by Gasteiger charge is -2.11. The van der Waals surface area contributed by atoms with Crippen molar-refractivity contribution < 1.29 is 4.79 Å². The molecule has 0 unspecified atom stereocenters. The van der Waals surface area contributed by atoms with E-state index in [1.165, 1.54) is 5.56 Å². The van der Waals surface area contributed by atoms with Gasteiger partial charge in [0, 0.05) is 25.5 Å². The van der Waals surface area contributed by atoms with E-state index >= 15 is 0 Å². The van der Waals surface area contributed by atoms with Crippen LogP contribution in [0.1, 0.15) is 11.1 Å². The fourth-order valence-corrected chi connectivity index (χ4v) is 1.93. The van der Waals surface area contributed by atoms with Gasteiger partial charge in [0.2, 0.25) is 0 Å². The first kappa shape index (κ1) is 16.5. The Balaban J connectivity index is 1.78. The van der Waals surface area contributed by atoms with Crippen molar-refractivity contribution in [3.63, 3.8) is 0 Å². The Hall–Kier alpha value is -2.82. The van der Waals surface area contributed by atoms with Gasteiger partial charge in [-0.05, 0) is 36.8 Å². The molecule has 5 nitrogen and oxygen atoms in total. The highest BCUT2D eigenvalue weighted by Gasteiger charge is 1.99. The Morgan fingerprint density at radius 2 is 1.74 bits per heavy atom. The van der Waals surface area contributed by atoms with Crippen LogP contribution in [0, 0.1) is 6.92 Å². The third kappa shape index (κ3) is 5.47. The number of benzene rings is 2. The maximum Gasteiger partial charge on any atom is 0.259 e. The number of aryl methyl sites for hydroxylation is 1. The number of hydrazone groups is 1. The van der Waals surface area contributed by atoms with Crippen molar-refractivity contribution in [3.05, 3.63) is 59.7 Å². The molecule has 0 aliphatic carbocycles. The molecule has 0 aliphatic rings. The van der Waals surface area contributed by atoms with Gasteiger partial charge in [-0.1, -0.05) is 29.8 Å². The first-order chi connectivity index (χ1) is 11.0. The van der Waals surface area contributed by atoms with Gasteiger partial charge in [0.25, 0.3) is 5.91 Å². The second-order valence-corrected chi connectivity index (χ2v) is 5.50. The lowest BCUT2D eigenvalue weighted by Crippen LogP contribution is -2.25. The lowest BCUT2D eigenvalue weighted by atomic mass is 10.2. The van der Waals surface area contributed by atoms with E-state index in [0.29, 0.717) is 0 Å². The summed E-state index contributed by atoms with van der Waals surface area (Å²) in [6.07, 6.45) is 1.63. The monoisotopic (exact) mass is 310 g/mol. The maximum absolute atomic E-state index is 11.7. The van der Waals surface area contributed by atoms with Crippen LogP contribution in [0.15, 0.2) is 53.6 Å². The molecule has 1 amide bonds. The zero-order valence-electron chi connectivity index (χ0n) is 13.7. The summed E-state index contributed by atoms with van der Waals surface area (Å²) in [7, 11) is 3.98. The average molecular weight is 310 g/mol. The molecule has 0 heterocycles. The van der Waals surface area contributed by atoms with E-state index in [0.717, 1.165) is 16.9 Å². The van der Waals surface area contributed by atoms with E-state index < -0.39 is 0 Å². The van der Waals surface area contributed by atoms with Crippen LogP contribution in [0.25, 0.3) is 0 Å². The minimum atomic E-state index is -0.188. The zero-order chi connectivity index (χ0) is 16.7. The first-order valence-electron chi connectivity index (χ1n) is 7.44. The highest BCUT2D eigenvalue weighted by Crippen LogP contribution is 2.11. The fraction of sp³-hybridized carbons (Fsp3) is 0.222. The minimum Gasteiger partial charge on any atom is -0.378 e. The van der Waals surface area contributed by atoms with Gasteiger partial charge in [-0.25, -0.2) is 5.43 Å². The fourth-order valence-electron chi connectivity index (χ4n) is 1.93. The Bertz CT molecular complexity index is 660. The SMILES string of the molecule is Cc1ccc(NCC(=O)N/N=C\c2ccc(N(C)C)cc2)cc1. The molecule has 2 N–H and O–H groups in total. The number of rotatable bonds is 6. The molecule has 5 heteroatoms. The molecule has 2 aromatic carbocycles. The van der Waals surface area contributed by atoms with E-state index in [-0.39, 0.29) is 12.5 Å². The molecule has 0 spiro atoms. The normalized spacial score (nSPS) is 10.6. The molecule has 0 aliphatic heterocycles.